The number of aromatic amines is 2. The van der Waals surface area contributed by atoms with Gasteiger partial charge < -0.3 is 25.0 Å². The number of nitrogens with one attached hydrogen (secondary N) is 3. The van der Waals surface area contributed by atoms with Crippen molar-refractivity contribution in [3.05, 3.63) is 75.7 Å². The van der Waals surface area contributed by atoms with Gasteiger partial charge in [0.2, 0.25) is 5.91 Å². The van der Waals surface area contributed by atoms with Gasteiger partial charge in [0.1, 0.15) is 5.54 Å². The molecule has 0 spiro atoms. The number of carbonyl (C=O) groups excluding carboxylic acids is 2. The molecule has 5 heterocycles. The third kappa shape index (κ3) is 5.66. The normalized spacial score (nSPS) is 24.8. The van der Waals surface area contributed by atoms with Gasteiger partial charge in [0, 0.05) is 67.7 Å². The van der Waals surface area contributed by atoms with E-state index in [1.165, 1.54) is 12.8 Å². The summed E-state index contributed by atoms with van der Waals surface area (Å²) in [5.41, 5.74) is 3.74. The molecule has 4 aromatic rings. The van der Waals surface area contributed by atoms with Crippen molar-refractivity contribution >= 4 is 33.7 Å². The zero-order valence-electron chi connectivity index (χ0n) is 28.0. The van der Waals surface area contributed by atoms with E-state index in [-0.39, 0.29) is 29.3 Å². The van der Waals surface area contributed by atoms with Gasteiger partial charge in [-0.05, 0) is 99.8 Å². The highest BCUT2D eigenvalue weighted by molar-refractivity contribution is 5.96. The van der Waals surface area contributed by atoms with Crippen molar-refractivity contribution in [2.24, 2.45) is 0 Å². The summed E-state index contributed by atoms with van der Waals surface area (Å²) < 4.78 is 0. The maximum absolute atomic E-state index is 14.5. The smallest absolute Gasteiger partial charge is 0.318 e. The summed E-state index contributed by atoms with van der Waals surface area (Å²) >= 11 is 0. The molecular weight excluding hydrogens is 604 g/mol. The highest BCUT2D eigenvalue weighted by atomic mass is 16.2. The minimum atomic E-state index is -0.969. The number of benzene rings is 2. The fraction of sp³-hybridized carbons (Fsp3) is 0.514. The van der Waals surface area contributed by atoms with Crippen LogP contribution >= 0.6 is 0 Å². The Morgan fingerprint density at radius 2 is 1.65 bits per heavy atom. The minimum absolute atomic E-state index is 0.0337. The topological polar surface area (TPSA) is 121 Å². The molecule has 1 aliphatic carbocycles. The number of hydrogen-bond acceptors (Lipinski definition) is 6. The molecule has 4 aliphatic rings. The number of aromatic nitrogens is 3. The zero-order valence-corrected chi connectivity index (χ0v) is 28.0. The van der Waals surface area contributed by atoms with Gasteiger partial charge >= 0.3 is 6.03 Å². The van der Waals surface area contributed by atoms with E-state index in [9.17, 15) is 14.4 Å². The number of aryl methyl sites for hydroxylation is 1. The highest BCUT2D eigenvalue weighted by Crippen LogP contribution is 2.53. The summed E-state index contributed by atoms with van der Waals surface area (Å²) in [5, 5.41) is 12.6. The van der Waals surface area contributed by atoms with Crippen molar-refractivity contribution in [3.63, 3.8) is 0 Å². The number of likely N-dealkylation sites (tertiary alicyclic amines) is 2. The Morgan fingerprint density at radius 1 is 0.896 bits per heavy atom. The summed E-state index contributed by atoms with van der Waals surface area (Å²) in [5.74, 6) is 0.0103. The Bertz CT molecular complexity index is 1900. The molecule has 3 N–H and O–H groups in total. The fourth-order valence-electron chi connectivity index (χ4n) is 8.62. The Kier molecular flexibility index (Phi) is 7.99. The first kappa shape index (κ1) is 31.1. The van der Waals surface area contributed by atoms with E-state index in [1.807, 2.05) is 46.3 Å². The van der Waals surface area contributed by atoms with Crippen LogP contribution in [0.25, 0.3) is 21.8 Å². The number of pyridine rings is 1. The number of amides is 3. The van der Waals surface area contributed by atoms with Gasteiger partial charge in [-0.25, -0.2) is 4.79 Å². The lowest BCUT2D eigenvalue weighted by molar-refractivity contribution is -0.136. The molecule has 4 fully saturated rings. The maximum Gasteiger partial charge on any atom is 0.318 e. The molecule has 0 bridgehead atoms. The van der Waals surface area contributed by atoms with Gasteiger partial charge in [-0.3, -0.25) is 19.6 Å². The first-order valence-corrected chi connectivity index (χ1v) is 17.6. The molecule has 2 aromatic heterocycles. The van der Waals surface area contributed by atoms with E-state index in [0.29, 0.717) is 51.5 Å². The lowest BCUT2D eigenvalue weighted by atomic mass is 9.89. The lowest BCUT2D eigenvalue weighted by Gasteiger charge is -2.43. The van der Waals surface area contributed by atoms with E-state index in [0.717, 1.165) is 64.7 Å². The number of H-pyrrole nitrogens is 2. The second-order valence-corrected chi connectivity index (χ2v) is 14.6. The van der Waals surface area contributed by atoms with Gasteiger partial charge in [0.15, 0.2) is 0 Å². The van der Waals surface area contributed by atoms with E-state index in [2.05, 4.69) is 56.4 Å². The molecule has 3 amide bonds. The maximum atomic E-state index is 14.5. The molecule has 8 rings (SSSR count). The van der Waals surface area contributed by atoms with Crippen LogP contribution in [0.15, 0.2) is 53.5 Å². The first-order valence-electron chi connectivity index (χ1n) is 17.6. The van der Waals surface area contributed by atoms with Crippen molar-refractivity contribution in [3.8, 4) is 0 Å². The van der Waals surface area contributed by atoms with E-state index < -0.39 is 5.54 Å². The summed E-state index contributed by atoms with van der Waals surface area (Å²) in [7, 11) is 2.19. The van der Waals surface area contributed by atoms with Crippen molar-refractivity contribution in [1.82, 2.24) is 40.1 Å². The number of piperazine rings is 1. The van der Waals surface area contributed by atoms with Crippen LogP contribution in [0, 0.1) is 6.92 Å². The number of carbonyl (C=O) groups is 2. The van der Waals surface area contributed by atoms with E-state index in [1.54, 1.807) is 0 Å². The van der Waals surface area contributed by atoms with Crippen molar-refractivity contribution in [2.75, 3.05) is 59.4 Å². The van der Waals surface area contributed by atoms with Crippen molar-refractivity contribution < 1.29 is 9.59 Å². The molecule has 3 aliphatic heterocycles. The molecule has 2 aromatic carbocycles. The van der Waals surface area contributed by atoms with Crippen LogP contribution in [-0.4, -0.2) is 118 Å². The average Bonchev–Trinajstić information content (AvgIpc) is 3.63. The molecule has 3 saturated heterocycles. The third-order valence-electron chi connectivity index (χ3n) is 11.7. The molecule has 1 saturated carbocycles. The molecule has 1 unspecified atom stereocenters. The van der Waals surface area contributed by atoms with Crippen LogP contribution in [0.1, 0.15) is 60.6 Å². The minimum Gasteiger partial charge on any atom is -0.338 e. The number of hydrogen-bond donors (Lipinski definition) is 3. The van der Waals surface area contributed by atoms with Gasteiger partial charge in [-0.2, -0.15) is 5.10 Å². The number of nitrogens with zero attached hydrogens (tertiary/aromatic N) is 5. The van der Waals surface area contributed by atoms with Gasteiger partial charge in [-0.15, -0.1) is 0 Å². The van der Waals surface area contributed by atoms with Crippen molar-refractivity contribution in [2.45, 2.75) is 62.4 Å². The van der Waals surface area contributed by atoms with E-state index in [4.69, 9.17) is 0 Å². The number of para-hydroxylation sites is 1. The monoisotopic (exact) mass is 650 g/mol. The van der Waals surface area contributed by atoms with E-state index >= 15 is 0 Å². The zero-order chi connectivity index (χ0) is 33.0. The Hall–Kier alpha value is -4.22. The Morgan fingerprint density at radius 3 is 2.42 bits per heavy atom. The summed E-state index contributed by atoms with van der Waals surface area (Å²) in [6.07, 6.45) is 6.16. The second kappa shape index (κ2) is 12.3. The molecule has 11 heteroatoms. The van der Waals surface area contributed by atoms with Crippen LogP contribution < -0.4 is 10.9 Å². The third-order valence-corrected chi connectivity index (χ3v) is 11.7. The fourth-order valence-corrected chi connectivity index (χ4v) is 8.62. The number of piperidine rings is 2. The molecular formula is C37H46N8O3. The SMILES string of the molecule is Cc1cc([C@@H]2CC2(NC(=O)N2CCC(c3cc4ccccc4[nH]c3=O)CC2)C(=O)N2CCN(C3CCN(C)CC3)CC2)cc2cn[nH]c12. The summed E-state index contributed by atoms with van der Waals surface area (Å²) in [6, 6.07) is 14.5. The number of urea groups is 1. The largest absolute Gasteiger partial charge is 0.338 e. The lowest BCUT2D eigenvalue weighted by Crippen LogP contribution is -2.60. The predicted octanol–water partition coefficient (Wildman–Crippen LogP) is 3.77. The average molecular weight is 651 g/mol. The molecule has 48 heavy (non-hydrogen) atoms. The molecule has 11 nitrogen and oxygen atoms in total. The van der Waals surface area contributed by atoms with Gasteiger partial charge in [0.05, 0.1) is 11.7 Å². The highest BCUT2D eigenvalue weighted by Gasteiger charge is 2.63. The number of rotatable bonds is 5. The Labute approximate surface area is 280 Å². The van der Waals surface area contributed by atoms with Gasteiger partial charge in [-0.1, -0.05) is 24.3 Å². The van der Waals surface area contributed by atoms with Crippen molar-refractivity contribution in [1.29, 1.82) is 0 Å². The molecule has 0 radical (unpaired) electrons. The second-order valence-electron chi connectivity index (χ2n) is 14.6. The summed E-state index contributed by atoms with van der Waals surface area (Å²) in [4.78, 5) is 53.2. The van der Waals surface area contributed by atoms with Crippen LogP contribution in [0.4, 0.5) is 4.79 Å². The van der Waals surface area contributed by atoms with Crippen LogP contribution in [0.5, 0.6) is 0 Å². The Balaban J connectivity index is 0.980. The van der Waals surface area contributed by atoms with Crippen LogP contribution in [0.2, 0.25) is 0 Å². The summed E-state index contributed by atoms with van der Waals surface area (Å²) in [6.45, 7) is 8.48. The van der Waals surface area contributed by atoms with Crippen LogP contribution in [0.3, 0.4) is 0 Å². The molecule has 2 atom stereocenters. The van der Waals surface area contributed by atoms with Crippen LogP contribution in [-0.2, 0) is 4.79 Å². The van der Waals surface area contributed by atoms with Gasteiger partial charge in [0.25, 0.3) is 5.56 Å². The standard InChI is InChI=1S/C37H46N8O3/c1-24-19-27(20-28-23-38-41-33(24)28)31-22-37(31,35(47)44-17-15-43(16-18-44)29-9-11-42(2)12-10-29)40-36(48)45-13-7-25(8-14-45)30-21-26-5-3-4-6-32(26)39-34(30)46/h3-6,19-21,23,25,29,31H,7-18,22H2,1-2H3,(H,38,41)(H,39,46)(H,40,48)/t31-,37?/m0/s1. The first-order chi connectivity index (χ1) is 23.3. The number of fused-ring (bicyclic) bond motifs is 2. The predicted molar refractivity (Wildman–Crippen MR) is 186 cm³/mol. The molecule has 252 valence electrons. The quantitative estimate of drug-likeness (QED) is 0.303.